The van der Waals surface area contributed by atoms with E-state index >= 15 is 24.0 Å². The Morgan fingerprint density at radius 2 is 1.02 bits per heavy atom. The van der Waals surface area contributed by atoms with Gasteiger partial charge in [-0.2, -0.15) is 0 Å². The van der Waals surface area contributed by atoms with Crippen LogP contribution >= 0.6 is 0 Å². The first kappa shape index (κ1) is 82.9. The number of nitrogens with one attached hydrogen (secondary N) is 1. The Kier molecular flexibility index (Phi) is 34.1. The lowest BCUT2D eigenvalue weighted by Gasteiger charge is -2.42. The number of carbonyl (C=O) groups is 10. The highest BCUT2D eigenvalue weighted by Gasteiger charge is 2.46. The minimum atomic E-state index is -1.59. The summed E-state index contributed by atoms with van der Waals surface area (Å²) in [4.78, 5) is 159. The third kappa shape index (κ3) is 23.2. The Bertz CT molecular complexity index is 2420. The van der Waals surface area contributed by atoms with Gasteiger partial charge in [-0.05, 0) is 134 Å². The summed E-state index contributed by atoms with van der Waals surface area (Å²) in [6.07, 6.45) is 3.66. The van der Waals surface area contributed by atoms with Gasteiger partial charge in [0.25, 0.3) is 0 Å². The van der Waals surface area contributed by atoms with Gasteiger partial charge in [0.1, 0.15) is 36.0 Å². The van der Waals surface area contributed by atoms with Crippen molar-refractivity contribution in [3.63, 3.8) is 0 Å². The topological polar surface area (TPSA) is 246 Å². The van der Waals surface area contributed by atoms with Crippen LogP contribution in [0.15, 0.2) is 12.2 Å². The van der Waals surface area contributed by atoms with Crippen LogP contribution in [-0.2, 0) is 47.9 Å². The number of aliphatic hydroxyl groups excluding tert-OH is 1. The molecule has 15 atom stereocenters. The summed E-state index contributed by atoms with van der Waals surface area (Å²) in [6, 6.07) is -9.48. The molecule has 0 aromatic heterocycles. The first-order chi connectivity index (χ1) is 41.3. The van der Waals surface area contributed by atoms with E-state index in [0.717, 1.165) is 4.90 Å². The Hall–Kier alpha value is -5.08. The molecule has 20 heteroatoms. The Balaban J connectivity index is 4.45. The standard InChI is InChI=1S/C70H126N8O12/c1-28-30-31-46(14)62(82)61-63(83)71-52(29-2)66(86)73(22)50(18)64(84)77(26)60(45(13)32-33-70(19,20)90)58(81)39-51(43(9)10)65(85)74(23)53(34-40(3)4)57(80)38-48(16)56(79)37-47(15)49(17)72(21)54(35-41(5)6)67(87)75(24)55(36-42(7)8)68(88)76(25)59(44(11)12)69(89)78(61)27/h28,30,40-55,59-62,82,90H,29,31-39H2,1-27H3,(H,71,83)/b30-28+/t45-,46-,47+,48-,49?,50-,51+,52+,53+,54+,55+,59+,60+,61+,62-/m1/s1. The molecule has 7 amide bonds. The first-order valence-corrected chi connectivity index (χ1v) is 33.6. The van der Waals surface area contributed by atoms with Crippen molar-refractivity contribution in [1.29, 1.82) is 0 Å². The average molecular weight is 1270 g/mol. The van der Waals surface area contributed by atoms with Crippen LogP contribution in [0.2, 0.25) is 0 Å². The SMILES string of the molecule is C/C=C/C[C@@H](C)[C@@H](O)[C@H]1C(=O)N[C@@H](CC)C(=O)N(C)[C@H](C)C(=O)N(C)[C@@H]([C@H](C)CCC(C)(C)O)C(=O)C[C@@H](C(C)C)C(=O)N(C)[C@@H](CC(C)C)C(=O)C[C@@H](C)C(=O)C[C@H](C)C(C)N(C)[C@@H](CC(C)C)C(=O)N(C)[C@@H](CC(C)C)C(=O)N(C)[C@@H](C(C)C)C(=O)N1C. The van der Waals surface area contributed by atoms with Gasteiger partial charge in [0.05, 0.1) is 29.8 Å². The number of aliphatic hydroxyl groups is 2. The number of hydrogen-bond donors (Lipinski definition) is 3. The quantitative estimate of drug-likeness (QED) is 0.117. The lowest BCUT2D eigenvalue weighted by Crippen LogP contribution is -2.63. The van der Waals surface area contributed by atoms with E-state index in [9.17, 15) is 34.2 Å². The van der Waals surface area contributed by atoms with E-state index in [1.54, 1.807) is 75.6 Å². The number of carbonyl (C=O) groups excluding carboxylic acids is 10. The number of Topliss-reactive ketones (excluding diaryl/α,β-unsaturated/α-hetero) is 3. The van der Waals surface area contributed by atoms with Gasteiger partial charge in [0.2, 0.25) is 41.4 Å². The molecule has 3 N–H and O–H groups in total. The molecule has 1 aliphatic heterocycles. The van der Waals surface area contributed by atoms with Gasteiger partial charge in [0.15, 0.2) is 11.6 Å². The molecule has 1 fully saturated rings. The number of allylic oxidation sites excluding steroid dienone is 2. The second kappa shape index (κ2) is 37.0. The monoisotopic (exact) mass is 1270 g/mol. The van der Waals surface area contributed by atoms with Gasteiger partial charge in [-0.1, -0.05) is 116 Å². The molecule has 20 nitrogen and oxygen atoms in total. The molecule has 0 saturated carbocycles. The maximum absolute atomic E-state index is 15.3. The molecule has 1 rings (SSSR count). The zero-order valence-corrected chi connectivity index (χ0v) is 60.9. The smallest absolute Gasteiger partial charge is 0.246 e. The Morgan fingerprint density at radius 3 is 1.50 bits per heavy atom. The summed E-state index contributed by atoms with van der Waals surface area (Å²) in [5.74, 6) is -9.12. The zero-order valence-electron chi connectivity index (χ0n) is 60.9. The summed E-state index contributed by atoms with van der Waals surface area (Å²) in [5.41, 5.74) is -1.12. The highest BCUT2D eigenvalue weighted by atomic mass is 16.3. The van der Waals surface area contributed by atoms with Crippen LogP contribution in [0.1, 0.15) is 203 Å². The van der Waals surface area contributed by atoms with Crippen LogP contribution in [0.25, 0.3) is 0 Å². The molecular formula is C70H126N8O12. The lowest BCUT2D eigenvalue weighted by molar-refractivity contribution is -0.157. The van der Waals surface area contributed by atoms with E-state index < -0.39 is 137 Å². The number of likely N-dealkylation sites (N-methyl/N-ethyl adjacent to an activating group) is 7. The largest absolute Gasteiger partial charge is 0.390 e. The predicted molar refractivity (Wildman–Crippen MR) is 356 cm³/mol. The van der Waals surface area contributed by atoms with Crippen molar-refractivity contribution >= 4 is 58.7 Å². The third-order valence-electron chi connectivity index (χ3n) is 19.2. The van der Waals surface area contributed by atoms with Gasteiger partial charge in [-0.25, -0.2) is 0 Å². The maximum Gasteiger partial charge on any atom is 0.246 e. The van der Waals surface area contributed by atoms with Crippen LogP contribution in [0.3, 0.4) is 0 Å². The number of nitrogens with zero attached hydrogens (tertiary/aromatic N) is 7. The minimum absolute atomic E-state index is 0.0241. The second-order valence-corrected chi connectivity index (χ2v) is 29.6. The molecule has 0 aliphatic carbocycles. The van der Waals surface area contributed by atoms with Gasteiger partial charge in [-0.15, -0.1) is 0 Å². The lowest BCUT2D eigenvalue weighted by atomic mass is 9.82. The molecule has 0 aromatic rings. The van der Waals surface area contributed by atoms with Crippen LogP contribution in [0.5, 0.6) is 0 Å². The van der Waals surface area contributed by atoms with Crippen molar-refractivity contribution in [2.75, 3.05) is 49.3 Å². The number of rotatable bonds is 17. The molecule has 1 aliphatic rings. The van der Waals surface area contributed by atoms with Crippen molar-refractivity contribution in [2.45, 2.75) is 269 Å². The van der Waals surface area contributed by atoms with E-state index in [0.29, 0.717) is 25.7 Å². The fourth-order valence-corrected chi connectivity index (χ4v) is 12.6. The molecule has 0 bridgehead atoms. The molecule has 1 heterocycles. The summed E-state index contributed by atoms with van der Waals surface area (Å²) in [5, 5.41) is 25.9. The van der Waals surface area contributed by atoms with Gasteiger partial charge < -0.3 is 44.9 Å². The van der Waals surface area contributed by atoms with Crippen LogP contribution in [-0.4, -0.2) is 219 Å². The second-order valence-electron chi connectivity index (χ2n) is 29.6. The van der Waals surface area contributed by atoms with Crippen molar-refractivity contribution < 1.29 is 58.2 Å². The maximum atomic E-state index is 15.3. The molecule has 0 spiro atoms. The fourth-order valence-electron chi connectivity index (χ4n) is 12.6. The van der Waals surface area contributed by atoms with Gasteiger partial charge in [0, 0.05) is 79.4 Å². The van der Waals surface area contributed by atoms with Crippen molar-refractivity contribution in [1.82, 2.24) is 39.6 Å². The van der Waals surface area contributed by atoms with Crippen LogP contribution < -0.4 is 5.32 Å². The average Bonchev–Trinajstić information content (AvgIpc) is 1.24. The van der Waals surface area contributed by atoms with E-state index in [1.807, 2.05) is 94.2 Å². The summed E-state index contributed by atoms with van der Waals surface area (Å²) >= 11 is 0. The minimum Gasteiger partial charge on any atom is -0.390 e. The molecular weight excluding hydrogens is 1140 g/mol. The Labute approximate surface area is 543 Å². The van der Waals surface area contributed by atoms with Gasteiger partial charge >= 0.3 is 0 Å². The summed E-state index contributed by atoms with van der Waals surface area (Å²) in [7, 11) is 10.8. The van der Waals surface area contributed by atoms with Gasteiger partial charge in [-0.3, -0.25) is 52.8 Å². The zero-order chi connectivity index (χ0) is 70.1. The van der Waals surface area contributed by atoms with Crippen molar-refractivity contribution in [2.24, 2.45) is 59.2 Å². The van der Waals surface area contributed by atoms with E-state index in [1.165, 1.54) is 59.6 Å². The number of hydrogen-bond acceptors (Lipinski definition) is 13. The highest BCUT2D eigenvalue weighted by molar-refractivity contribution is 5.99. The predicted octanol–water partition coefficient (Wildman–Crippen LogP) is 7.93. The molecule has 0 radical (unpaired) electrons. The third-order valence-corrected chi connectivity index (χ3v) is 19.2. The normalized spacial score (nSPS) is 28.7. The molecule has 90 heavy (non-hydrogen) atoms. The molecule has 1 saturated heterocycles. The summed E-state index contributed by atoms with van der Waals surface area (Å²) in [6.45, 7) is 36.4. The Morgan fingerprint density at radius 1 is 0.544 bits per heavy atom. The number of ketones is 3. The summed E-state index contributed by atoms with van der Waals surface area (Å²) < 4.78 is 0. The van der Waals surface area contributed by atoms with Crippen molar-refractivity contribution in [3.05, 3.63) is 12.2 Å². The first-order valence-electron chi connectivity index (χ1n) is 33.6. The fraction of sp³-hybridized carbons (Fsp3) is 0.829. The number of amides is 7. The van der Waals surface area contributed by atoms with Crippen LogP contribution in [0, 0.1) is 59.2 Å². The highest BCUT2D eigenvalue weighted by Crippen LogP contribution is 2.31. The van der Waals surface area contributed by atoms with E-state index in [-0.39, 0.29) is 85.7 Å². The van der Waals surface area contributed by atoms with Crippen molar-refractivity contribution in [3.8, 4) is 0 Å². The molecule has 518 valence electrons. The molecule has 1 unspecified atom stereocenters. The van der Waals surface area contributed by atoms with E-state index in [2.05, 4.69) is 5.32 Å². The van der Waals surface area contributed by atoms with E-state index in [4.69, 9.17) is 0 Å². The molecule has 0 aromatic carbocycles. The van der Waals surface area contributed by atoms with Crippen LogP contribution in [0.4, 0.5) is 0 Å².